The minimum absolute atomic E-state index is 0.0369. The third kappa shape index (κ3) is 3.74. The molecule has 21 heavy (non-hydrogen) atoms. The SMILES string of the molecule is CCNC1(C(=O)O)CCCC(Sc2cc(F)ccc2F)C1. The lowest BCUT2D eigenvalue weighted by Crippen LogP contribution is -2.55. The van der Waals surface area contributed by atoms with Crippen LogP contribution < -0.4 is 5.32 Å². The monoisotopic (exact) mass is 315 g/mol. The Bertz CT molecular complexity index is 522. The lowest BCUT2D eigenvalue weighted by atomic mass is 9.81. The first-order valence-corrected chi connectivity index (χ1v) is 7.95. The van der Waals surface area contributed by atoms with E-state index < -0.39 is 23.1 Å². The number of thioether (sulfide) groups is 1. The molecular formula is C15H19F2NO2S. The van der Waals surface area contributed by atoms with Crippen LogP contribution in [0, 0.1) is 11.6 Å². The zero-order valence-corrected chi connectivity index (χ0v) is 12.7. The van der Waals surface area contributed by atoms with Gasteiger partial charge in [0.05, 0.1) is 0 Å². The number of hydrogen-bond donors (Lipinski definition) is 2. The second-order valence-electron chi connectivity index (χ2n) is 5.33. The van der Waals surface area contributed by atoms with Crippen molar-refractivity contribution in [2.45, 2.75) is 48.3 Å². The Morgan fingerprint density at radius 2 is 2.29 bits per heavy atom. The highest BCUT2D eigenvalue weighted by atomic mass is 32.2. The molecule has 1 aliphatic carbocycles. The predicted octanol–water partition coefficient (Wildman–Crippen LogP) is 3.43. The van der Waals surface area contributed by atoms with Crippen LogP contribution in [-0.2, 0) is 4.79 Å². The zero-order chi connectivity index (χ0) is 15.5. The second-order valence-corrected chi connectivity index (χ2v) is 6.67. The maximum absolute atomic E-state index is 13.7. The van der Waals surface area contributed by atoms with Gasteiger partial charge in [0, 0.05) is 10.1 Å². The van der Waals surface area contributed by atoms with E-state index in [2.05, 4.69) is 5.32 Å². The molecule has 2 atom stereocenters. The third-order valence-electron chi connectivity index (χ3n) is 3.82. The van der Waals surface area contributed by atoms with Crippen molar-refractivity contribution >= 4 is 17.7 Å². The number of nitrogens with one attached hydrogen (secondary N) is 1. The van der Waals surface area contributed by atoms with Crippen molar-refractivity contribution < 1.29 is 18.7 Å². The van der Waals surface area contributed by atoms with Gasteiger partial charge in [-0.3, -0.25) is 4.79 Å². The number of rotatable bonds is 5. The summed E-state index contributed by atoms with van der Waals surface area (Å²) in [7, 11) is 0. The van der Waals surface area contributed by atoms with Gasteiger partial charge in [-0.2, -0.15) is 0 Å². The number of halogens is 2. The highest BCUT2D eigenvalue weighted by Crippen LogP contribution is 2.39. The molecule has 2 rings (SSSR count). The van der Waals surface area contributed by atoms with Crippen LogP contribution in [0.4, 0.5) is 8.78 Å². The van der Waals surface area contributed by atoms with Gasteiger partial charge in [0.1, 0.15) is 17.2 Å². The van der Waals surface area contributed by atoms with E-state index in [1.807, 2.05) is 6.92 Å². The third-order valence-corrected chi connectivity index (χ3v) is 5.12. The Kier molecular flexibility index (Phi) is 5.22. The first kappa shape index (κ1) is 16.2. The van der Waals surface area contributed by atoms with Crippen LogP contribution in [0.3, 0.4) is 0 Å². The Labute approximate surface area is 127 Å². The second kappa shape index (κ2) is 6.75. The van der Waals surface area contributed by atoms with Gasteiger partial charge in [-0.05, 0) is 50.4 Å². The van der Waals surface area contributed by atoms with Crippen molar-refractivity contribution in [1.29, 1.82) is 0 Å². The van der Waals surface area contributed by atoms with Gasteiger partial charge < -0.3 is 10.4 Å². The first-order valence-electron chi connectivity index (χ1n) is 7.07. The van der Waals surface area contributed by atoms with Crippen molar-refractivity contribution in [3.8, 4) is 0 Å². The van der Waals surface area contributed by atoms with E-state index in [4.69, 9.17) is 0 Å². The lowest BCUT2D eigenvalue weighted by molar-refractivity contribution is -0.146. The normalized spacial score (nSPS) is 25.8. The largest absolute Gasteiger partial charge is 0.480 e. The molecule has 0 aliphatic heterocycles. The Morgan fingerprint density at radius 1 is 1.52 bits per heavy atom. The van der Waals surface area contributed by atoms with Crippen LogP contribution in [0.1, 0.15) is 32.6 Å². The van der Waals surface area contributed by atoms with Crippen LogP contribution >= 0.6 is 11.8 Å². The number of carboxylic acid groups (broad SMARTS) is 1. The van der Waals surface area contributed by atoms with Crippen molar-refractivity contribution in [2.75, 3.05) is 6.54 Å². The molecule has 1 aromatic carbocycles. The minimum Gasteiger partial charge on any atom is -0.480 e. The van der Waals surface area contributed by atoms with E-state index >= 15 is 0 Å². The van der Waals surface area contributed by atoms with Gasteiger partial charge >= 0.3 is 5.97 Å². The predicted molar refractivity (Wildman–Crippen MR) is 78.5 cm³/mol. The Morgan fingerprint density at radius 3 is 2.95 bits per heavy atom. The van der Waals surface area contributed by atoms with E-state index in [-0.39, 0.29) is 10.1 Å². The number of likely N-dealkylation sites (N-methyl/N-ethyl adjacent to an activating group) is 1. The molecular weight excluding hydrogens is 296 g/mol. The van der Waals surface area contributed by atoms with Crippen LogP contribution in [0.15, 0.2) is 23.1 Å². The van der Waals surface area contributed by atoms with E-state index in [0.29, 0.717) is 19.4 Å². The molecule has 0 saturated heterocycles. The van der Waals surface area contributed by atoms with E-state index in [0.717, 1.165) is 25.0 Å². The zero-order valence-electron chi connectivity index (χ0n) is 11.9. The molecule has 0 aromatic heterocycles. The molecule has 2 N–H and O–H groups in total. The fourth-order valence-corrected chi connectivity index (χ4v) is 4.21. The molecule has 1 aromatic rings. The summed E-state index contributed by atoms with van der Waals surface area (Å²) in [6.45, 7) is 2.44. The molecule has 0 heterocycles. The summed E-state index contributed by atoms with van der Waals surface area (Å²) in [6.07, 6.45) is 2.55. The summed E-state index contributed by atoms with van der Waals surface area (Å²) < 4.78 is 26.9. The average Bonchev–Trinajstić information content (AvgIpc) is 2.43. The molecule has 0 amide bonds. The summed E-state index contributed by atoms with van der Waals surface area (Å²) in [5, 5.41) is 12.5. The first-order chi connectivity index (χ1) is 9.97. The van der Waals surface area contributed by atoms with Crippen LogP contribution in [0.2, 0.25) is 0 Å². The van der Waals surface area contributed by atoms with Crippen LogP contribution in [-0.4, -0.2) is 28.4 Å². The van der Waals surface area contributed by atoms with E-state index in [1.54, 1.807) is 0 Å². The van der Waals surface area contributed by atoms with E-state index in [1.165, 1.54) is 17.8 Å². The summed E-state index contributed by atoms with van der Waals surface area (Å²) in [4.78, 5) is 11.8. The lowest BCUT2D eigenvalue weighted by Gasteiger charge is -2.38. The number of benzene rings is 1. The number of hydrogen-bond acceptors (Lipinski definition) is 3. The van der Waals surface area contributed by atoms with Crippen molar-refractivity contribution in [3.05, 3.63) is 29.8 Å². The van der Waals surface area contributed by atoms with Gasteiger partial charge in [-0.25, -0.2) is 8.78 Å². The molecule has 1 fully saturated rings. The topological polar surface area (TPSA) is 49.3 Å². The van der Waals surface area contributed by atoms with Gasteiger partial charge in [-0.15, -0.1) is 11.8 Å². The van der Waals surface area contributed by atoms with Crippen molar-refractivity contribution in [3.63, 3.8) is 0 Å². The summed E-state index contributed by atoms with van der Waals surface area (Å²) >= 11 is 1.23. The van der Waals surface area contributed by atoms with Crippen LogP contribution in [0.5, 0.6) is 0 Å². The molecule has 0 bridgehead atoms. The molecule has 1 saturated carbocycles. The Balaban J connectivity index is 2.13. The molecule has 0 radical (unpaired) electrons. The molecule has 3 nitrogen and oxygen atoms in total. The maximum Gasteiger partial charge on any atom is 0.323 e. The summed E-state index contributed by atoms with van der Waals surface area (Å²) in [6, 6.07) is 3.36. The molecule has 116 valence electrons. The van der Waals surface area contributed by atoms with E-state index in [9.17, 15) is 18.7 Å². The van der Waals surface area contributed by atoms with Gasteiger partial charge in [0.25, 0.3) is 0 Å². The Hall–Kier alpha value is -1.14. The molecule has 2 unspecified atom stereocenters. The summed E-state index contributed by atoms with van der Waals surface area (Å²) in [5.41, 5.74) is -0.950. The maximum atomic E-state index is 13.7. The van der Waals surface area contributed by atoms with Crippen molar-refractivity contribution in [2.24, 2.45) is 0 Å². The van der Waals surface area contributed by atoms with Gasteiger partial charge in [-0.1, -0.05) is 6.92 Å². The molecule has 1 aliphatic rings. The standard InChI is InChI=1S/C15H19F2NO2S/c1-2-18-15(14(19)20)7-3-4-11(9-15)21-13-8-10(16)5-6-12(13)17/h5-6,8,11,18H,2-4,7,9H2,1H3,(H,19,20). The average molecular weight is 315 g/mol. The smallest absolute Gasteiger partial charge is 0.323 e. The minimum atomic E-state index is -0.950. The molecule has 0 spiro atoms. The quantitative estimate of drug-likeness (QED) is 0.874. The highest BCUT2D eigenvalue weighted by molar-refractivity contribution is 8.00. The fourth-order valence-electron chi connectivity index (χ4n) is 2.84. The fraction of sp³-hybridized carbons (Fsp3) is 0.533. The van der Waals surface area contributed by atoms with Gasteiger partial charge in [0.15, 0.2) is 0 Å². The highest BCUT2D eigenvalue weighted by Gasteiger charge is 2.42. The number of carboxylic acids is 1. The number of carbonyl (C=O) groups is 1. The summed E-state index contributed by atoms with van der Waals surface area (Å²) in [5.74, 6) is -1.81. The number of aliphatic carboxylic acids is 1. The van der Waals surface area contributed by atoms with Gasteiger partial charge in [0.2, 0.25) is 0 Å². The molecule has 6 heteroatoms. The van der Waals surface area contributed by atoms with Crippen LogP contribution in [0.25, 0.3) is 0 Å². The van der Waals surface area contributed by atoms with Crippen molar-refractivity contribution in [1.82, 2.24) is 5.32 Å².